The van der Waals surface area contributed by atoms with Gasteiger partial charge in [-0.1, -0.05) is 15.9 Å². The zero-order valence-corrected chi connectivity index (χ0v) is 10.8. The van der Waals surface area contributed by atoms with Crippen LogP contribution in [0.4, 0.5) is 8.78 Å². The minimum absolute atomic E-state index is 0.0810. The molecule has 0 unspecified atom stereocenters. The molecule has 2 aromatic rings. The van der Waals surface area contributed by atoms with E-state index in [9.17, 15) is 8.78 Å². The third kappa shape index (κ3) is 3.01. The summed E-state index contributed by atoms with van der Waals surface area (Å²) in [5.74, 6) is -1.52. The van der Waals surface area contributed by atoms with E-state index in [1.807, 2.05) is 0 Å². The molecule has 6 heteroatoms. The fourth-order valence-electron chi connectivity index (χ4n) is 1.37. The zero-order chi connectivity index (χ0) is 13.0. The van der Waals surface area contributed by atoms with E-state index in [1.54, 1.807) is 6.07 Å². The molecule has 0 fully saturated rings. The molecule has 2 rings (SSSR count). The first-order valence-electron chi connectivity index (χ1n) is 5.13. The van der Waals surface area contributed by atoms with Crippen molar-refractivity contribution >= 4 is 15.9 Å². The summed E-state index contributed by atoms with van der Waals surface area (Å²) >= 11 is 3.13. The molecule has 1 heterocycles. The number of halogens is 3. The van der Waals surface area contributed by atoms with Crippen LogP contribution in [0.2, 0.25) is 0 Å². The first kappa shape index (κ1) is 12.9. The Kier molecular flexibility index (Phi) is 4.19. The molecule has 0 atom stereocenters. The van der Waals surface area contributed by atoms with Crippen LogP contribution in [0, 0.1) is 11.6 Å². The Labute approximate surface area is 111 Å². The molecule has 0 spiro atoms. The van der Waals surface area contributed by atoms with Gasteiger partial charge in [0.15, 0.2) is 23.2 Å². The van der Waals surface area contributed by atoms with Gasteiger partial charge in [0, 0.05) is 17.7 Å². The maximum atomic E-state index is 13.6. The molecule has 3 nitrogen and oxygen atoms in total. The van der Waals surface area contributed by atoms with E-state index in [4.69, 9.17) is 4.74 Å². The molecule has 0 aliphatic heterocycles. The first-order chi connectivity index (χ1) is 8.70. The lowest BCUT2D eigenvalue weighted by Gasteiger charge is -2.08. The fourth-order valence-corrected chi connectivity index (χ4v) is 1.69. The van der Waals surface area contributed by atoms with Crippen LogP contribution < -0.4 is 4.74 Å². The van der Waals surface area contributed by atoms with Crippen LogP contribution in [-0.4, -0.2) is 9.97 Å². The normalized spacial score (nSPS) is 10.4. The van der Waals surface area contributed by atoms with Gasteiger partial charge in [-0.2, -0.15) is 0 Å². The number of nitrogens with zero attached hydrogens (tertiary/aromatic N) is 2. The van der Waals surface area contributed by atoms with Crippen LogP contribution in [0.25, 0.3) is 0 Å². The Morgan fingerprint density at radius 3 is 2.28 bits per heavy atom. The predicted octanol–water partition coefficient (Wildman–Crippen LogP) is 3.23. The Bertz CT molecular complexity index is 514. The van der Waals surface area contributed by atoms with Crippen molar-refractivity contribution in [2.24, 2.45) is 0 Å². The average Bonchev–Trinajstić information content (AvgIpc) is 2.38. The number of alkyl halides is 1. The SMILES string of the molecule is Fc1cc(CBr)cc(F)c1OCc1ncccn1. The van der Waals surface area contributed by atoms with Crippen LogP contribution in [0.3, 0.4) is 0 Å². The number of hydrogen-bond acceptors (Lipinski definition) is 3. The van der Waals surface area contributed by atoms with Gasteiger partial charge in [0.1, 0.15) is 6.61 Å². The van der Waals surface area contributed by atoms with Gasteiger partial charge in [0.25, 0.3) is 0 Å². The van der Waals surface area contributed by atoms with E-state index in [0.29, 0.717) is 16.7 Å². The summed E-state index contributed by atoms with van der Waals surface area (Å²) in [4.78, 5) is 7.80. The molecule has 0 saturated carbocycles. The molecule has 0 N–H and O–H groups in total. The average molecular weight is 315 g/mol. The van der Waals surface area contributed by atoms with E-state index in [-0.39, 0.29) is 6.61 Å². The molecular weight excluding hydrogens is 306 g/mol. The largest absolute Gasteiger partial charge is 0.479 e. The number of benzene rings is 1. The molecular formula is C12H9BrF2N2O. The summed E-state index contributed by atoms with van der Waals surface area (Å²) in [6.07, 6.45) is 3.07. The molecule has 0 radical (unpaired) electrons. The second-order valence-corrected chi connectivity index (χ2v) is 4.04. The van der Waals surface area contributed by atoms with Gasteiger partial charge in [-0.15, -0.1) is 0 Å². The Morgan fingerprint density at radius 1 is 1.11 bits per heavy atom. The maximum absolute atomic E-state index is 13.6. The van der Waals surface area contributed by atoms with E-state index in [2.05, 4.69) is 25.9 Å². The van der Waals surface area contributed by atoms with Crippen molar-refractivity contribution in [3.8, 4) is 5.75 Å². The van der Waals surface area contributed by atoms with Gasteiger partial charge in [0.2, 0.25) is 0 Å². The topological polar surface area (TPSA) is 35.0 Å². The van der Waals surface area contributed by atoms with Crippen molar-refractivity contribution in [1.82, 2.24) is 9.97 Å². The lowest BCUT2D eigenvalue weighted by atomic mass is 10.2. The van der Waals surface area contributed by atoms with Gasteiger partial charge >= 0.3 is 0 Å². The highest BCUT2D eigenvalue weighted by molar-refractivity contribution is 9.08. The Morgan fingerprint density at radius 2 is 1.72 bits per heavy atom. The van der Waals surface area contributed by atoms with Gasteiger partial charge in [0.05, 0.1) is 0 Å². The quantitative estimate of drug-likeness (QED) is 0.813. The zero-order valence-electron chi connectivity index (χ0n) is 9.24. The van der Waals surface area contributed by atoms with Crippen molar-refractivity contribution in [3.05, 3.63) is 53.6 Å². The Balaban J connectivity index is 2.15. The van der Waals surface area contributed by atoms with Gasteiger partial charge in [-0.25, -0.2) is 18.7 Å². The highest BCUT2D eigenvalue weighted by Gasteiger charge is 2.12. The van der Waals surface area contributed by atoms with Gasteiger partial charge in [-0.05, 0) is 23.8 Å². The van der Waals surface area contributed by atoms with E-state index in [0.717, 1.165) is 0 Å². The molecule has 1 aromatic carbocycles. The molecule has 0 bridgehead atoms. The van der Waals surface area contributed by atoms with Crippen molar-refractivity contribution in [2.75, 3.05) is 0 Å². The monoisotopic (exact) mass is 314 g/mol. The smallest absolute Gasteiger partial charge is 0.191 e. The van der Waals surface area contributed by atoms with Crippen LogP contribution in [0.15, 0.2) is 30.6 Å². The summed E-state index contributed by atoms with van der Waals surface area (Å²) < 4.78 is 32.2. The molecule has 0 aliphatic rings. The molecule has 1 aromatic heterocycles. The summed E-state index contributed by atoms with van der Waals surface area (Å²) in [6, 6.07) is 4.09. The van der Waals surface area contributed by atoms with Crippen LogP contribution in [0.5, 0.6) is 5.75 Å². The summed E-state index contributed by atoms with van der Waals surface area (Å²) in [7, 11) is 0. The van der Waals surface area contributed by atoms with Gasteiger partial charge in [-0.3, -0.25) is 0 Å². The number of aromatic nitrogens is 2. The summed E-state index contributed by atoms with van der Waals surface area (Å²) in [6.45, 7) is -0.0810. The minimum atomic E-state index is -0.736. The number of ether oxygens (including phenoxy) is 1. The third-order valence-corrected chi connectivity index (χ3v) is 2.82. The van der Waals surface area contributed by atoms with Crippen molar-refractivity contribution < 1.29 is 13.5 Å². The maximum Gasteiger partial charge on any atom is 0.191 e. The van der Waals surface area contributed by atoms with E-state index >= 15 is 0 Å². The highest BCUT2D eigenvalue weighted by atomic mass is 79.9. The van der Waals surface area contributed by atoms with Crippen molar-refractivity contribution in [1.29, 1.82) is 0 Å². The second kappa shape index (κ2) is 5.86. The van der Waals surface area contributed by atoms with Crippen molar-refractivity contribution in [2.45, 2.75) is 11.9 Å². The molecule has 0 amide bonds. The van der Waals surface area contributed by atoms with Crippen LogP contribution in [-0.2, 0) is 11.9 Å². The second-order valence-electron chi connectivity index (χ2n) is 3.48. The lowest BCUT2D eigenvalue weighted by Crippen LogP contribution is -2.03. The molecule has 18 heavy (non-hydrogen) atoms. The van der Waals surface area contributed by atoms with Gasteiger partial charge < -0.3 is 4.74 Å². The van der Waals surface area contributed by atoms with E-state index in [1.165, 1.54) is 24.5 Å². The van der Waals surface area contributed by atoms with Crippen LogP contribution >= 0.6 is 15.9 Å². The summed E-state index contributed by atoms with van der Waals surface area (Å²) in [5.41, 5.74) is 0.508. The number of hydrogen-bond donors (Lipinski definition) is 0. The lowest BCUT2D eigenvalue weighted by molar-refractivity contribution is 0.265. The summed E-state index contributed by atoms with van der Waals surface area (Å²) in [5, 5.41) is 0.378. The predicted molar refractivity (Wildman–Crippen MR) is 65.4 cm³/mol. The highest BCUT2D eigenvalue weighted by Crippen LogP contribution is 2.24. The number of rotatable bonds is 4. The van der Waals surface area contributed by atoms with Crippen LogP contribution in [0.1, 0.15) is 11.4 Å². The van der Waals surface area contributed by atoms with E-state index < -0.39 is 17.4 Å². The van der Waals surface area contributed by atoms with Crippen molar-refractivity contribution in [3.63, 3.8) is 0 Å². The molecule has 94 valence electrons. The molecule has 0 aliphatic carbocycles. The standard InChI is InChI=1S/C12H9BrF2N2O/c13-6-8-4-9(14)12(10(15)5-8)18-7-11-16-2-1-3-17-11/h1-5H,6-7H2. The molecule has 0 saturated heterocycles. The Hall–Kier alpha value is -1.56. The third-order valence-electron chi connectivity index (χ3n) is 2.18. The fraction of sp³-hybridized carbons (Fsp3) is 0.167. The first-order valence-corrected chi connectivity index (χ1v) is 6.25. The minimum Gasteiger partial charge on any atom is -0.479 e.